The number of nitrogens with zero attached hydrogens (tertiary/aromatic N) is 2. The Balaban J connectivity index is 1.57. The summed E-state index contributed by atoms with van der Waals surface area (Å²) in [6.45, 7) is 5.55. The molecule has 152 valence electrons. The topological polar surface area (TPSA) is 95.1 Å². The van der Waals surface area contributed by atoms with Crippen molar-refractivity contribution in [3.63, 3.8) is 0 Å². The Hall–Kier alpha value is -0.900. The first-order valence-electron chi connectivity index (χ1n) is 9.85. The first-order valence-corrected chi connectivity index (χ1v) is 11.5. The SMILES string of the molecule is CN=C(NCCN1CCCCC1)NCCS(=O)(=O)NCC1CCCCO1. The van der Waals surface area contributed by atoms with Crippen LogP contribution in [0.3, 0.4) is 0 Å². The third kappa shape index (κ3) is 8.66. The summed E-state index contributed by atoms with van der Waals surface area (Å²) in [6, 6.07) is 0. The molecule has 26 heavy (non-hydrogen) atoms. The van der Waals surface area contributed by atoms with Crippen molar-refractivity contribution in [3.8, 4) is 0 Å². The van der Waals surface area contributed by atoms with Crippen LogP contribution in [-0.4, -0.2) is 84.1 Å². The molecule has 0 aromatic rings. The van der Waals surface area contributed by atoms with Gasteiger partial charge >= 0.3 is 0 Å². The molecule has 9 heteroatoms. The van der Waals surface area contributed by atoms with Gasteiger partial charge in [-0.3, -0.25) is 4.99 Å². The quantitative estimate of drug-likeness (QED) is 0.383. The van der Waals surface area contributed by atoms with Crippen LogP contribution in [0.5, 0.6) is 0 Å². The van der Waals surface area contributed by atoms with Crippen LogP contribution in [0.1, 0.15) is 38.5 Å². The van der Waals surface area contributed by atoms with Crippen LogP contribution in [0, 0.1) is 0 Å². The number of hydrogen-bond donors (Lipinski definition) is 3. The van der Waals surface area contributed by atoms with Gasteiger partial charge < -0.3 is 20.3 Å². The van der Waals surface area contributed by atoms with Gasteiger partial charge in [-0.1, -0.05) is 6.42 Å². The lowest BCUT2D eigenvalue weighted by atomic mass is 10.1. The van der Waals surface area contributed by atoms with E-state index in [0.29, 0.717) is 19.0 Å². The molecule has 0 bridgehead atoms. The van der Waals surface area contributed by atoms with Crippen LogP contribution in [0.4, 0.5) is 0 Å². The summed E-state index contributed by atoms with van der Waals surface area (Å²) >= 11 is 0. The van der Waals surface area contributed by atoms with E-state index >= 15 is 0 Å². The fraction of sp³-hybridized carbons (Fsp3) is 0.941. The average Bonchev–Trinajstić information content (AvgIpc) is 2.67. The molecule has 0 amide bonds. The van der Waals surface area contributed by atoms with E-state index in [1.165, 1.54) is 32.4 Å². The molecule has 0 spiro atoms. The molecule has 2 saturated heterocycles. The summed E-state index contributed by atoms with van der Waals surface area (Å²) in [5, 5.41) is 6.32. The van der Waals surface area contributed by atoms with E-state index in [9.17, 15) is 8.42 Å². The molecule has 3 N–H and O–H groups in total. The number of hydrogen-bond acceptors (Lipinski definition) is 5. The highest BCUT2D eigenvalue weighted by molar-refractivity contribution is 7.89. The summed E-state index contributed by atoms with van der Waals surface area (Å²) in [6.07, 6.45) is 7.00. The smallest absolute Gasteiger partial charge is 0.213 e. The second-order valence-corrected chi connectivity index (χ2v) is 8.91. The normalized spacial score (nSPS) is 23.0. The number of guanidine groups is 1. The third-order valence-corrected chi connectivity index (χ3v) is 6.21. The third-order valence-electron chi connectivity index (χ3n) is 4.86. The van der Waals surface area contributed by atoms with Crippen molar-refractivity contribution in [3.05, 3.63) is 0 Å². The van der Waals surface area contributed by atoms with Gasteiger partial charge in [-0.2, -0.15) is 0 Å². The lowest BCUT2D eigenvalue weighted by Gasteiger charge is -2.26. The van der Waals surface area contributed by atoms with Crippen molar-refractivity contribution in [2.45, 2.75) is 44.6 Å². The van der Waals surface area contributed by atoms with Gasteiger partial charge in [0, 0.05) is 39.8 Å². The molecule has 0 radical (unpaired) electrons. The molecule has 1 unspecified atom stereocenters. The highest BCUT2D eigenvalue weighted by atomic mass is 32.2. The molecule has 8 nitrogen and oxygen atoms in total. The number of piperidine rings is 1. The van der Waals surface area contributed by atoms with E-state index in [-0.39, 0.29) is 11.9 Å². The van der Waals surface area contributed by atoms with Gasteiger partial charge in [-0.25, -0.2) is 13.1 Å². The van der Waals surface area contributed by atoms with Crippen LogP contribution < -0.4 is 15.4 Å². The van der Waals surface area contributed by atoms with E-state index < -0.39 is 10.0 Å². The van der Waals surface area contributed by atoms with E-state index in [1.54, 1.807) is 7.05 Å². The Morgan fingerprint density at radius 2 is 1.88 bits per heavy atom. The lowest BCUT2D eigenvalue weighted by molar-refractivity contribution is 0.0200. The Morgan fingerprint density at radius 1 is 1.12 bits per heavy atom. The van der Waals surface area contributed by atoms with Crippen LogP contribution in [-0.2, 0) is 14.8 Å². The van der Waals surface area contributed by atoms with Gasteiger partial charge in [-0.05, 0) is 45.2 Å². The number of rotatable bonds is 9. The van der Waals surface area contributed by atoms with Gasteiger partial charge in [0.2, 0.25) is 10.0 Å². The van der Waals surface area contributed by atoms with E-state index in [0.717, 1.165) is 39.0 Å². The summed E-state index contributed by atoms with van der Waals surface area (Å²) in [5.41, 5.74) is 0. The second kappa shape index (κ2) is 11.7. The zero-order valence-electron chi connectivity index (χ0n) is 16.0. The molecule has 0 aromatic heterocycles. The maximum absolute atomic E-state index is 12.1. The summed E-state index contributed by atoms with van der Waals surface area (Å²) < 4.78 is 32.4. The Morgan fingerprint density at radius 3 is 2.58 bits per heavy atom. The Kier molecular flexibility index (Phi) is 9.66. The maximum Gasteiger partial charge on any atom is 0.213 e. The first-order chi connectivity index (χ1) is 12.6. The lowest BCUT2D eigenvalue weighted by Crippen LogP contribution is -2.45. The summed E-state index contributed by atoms with van der Waals surface area (Å²) in [4.78, 5) is 6.60. The minimum atomic E-state index is -3.31. The van der Waals surface area contributed by atoms with Crippen molar-refractivity contribution in [1.82, 2.24) is 20.3 Å². The Labute approximate surface area is 158 Å². The van der Waals surface area contributed by atoms with Crippen molar-refractivity contribution >= 4 is 16.0 Å². The van der Waals surface area contributed by atoms with Gasteiger partial charge in [0.25, 0.3) is 0 Å². The van der Waals surface area contributed by atoms with Crippen LogP contribution in [0.15, 0.2) is 4.99 Å². The number of likely N-dealkylation sites (tertiary alicyclic amines) is 1. The van der Waals surface area contributed by atoms with Crippen LogP contribution in [0.2, 0.25) is 0 Å². The second-order valence-electron chi connectivity index (χ2n) is 6.98. The van der Waals surface area contributed by atoms with Gasteiger partial charge in [-0.15, -0.1) is 0 Å². The molecular formula is C17H35N5O3S. The molecule has 1 atom stereocenters. The van der Waals surface area contributed by atoms with Gasteiger partial charge in [0.1, 0.15) is 0 Å². The zero-order chi connectivity index (χ0) is 18.7. The van der Waals surface area contributed by atoms with Gasteiger partial charge in [0.05, 0.1) is 11.9 Å². The molecule has 0 aliphatic carbocycles. The Bertz CT molecular complexity index is 514. The molecule has 2 rings (SSSR count). The molecule has 0 saturated carbocycles. The highest BCUT2D eigenvalue weighted by Crippen LogP contribution is 2.11. The molecule has 2 heterocycles. The monoisotopic (exact) mass is 389 g/mol. The molecular weight excluding hydrogens is 354 g/mol. The largest absolute Gasteiger partial charge is 0.377 e. The number of sulfonamides is 1. The minimum absolute atomic E-state index is 0.00991. The summed E-state index contributed by atoms with van der Waals surface area (Å²) in [5.74, 6) is 0.667. The standard InChI is InChI=1S/C17H35N5O3S/c1-18-17(19-8-12-22-10-4-2-5-11-22)20-9-14-26(23,24)21-15-16-7-3-6-13-25-16/h16,21H,2-15H2,1H3,(H2,18,19,20). The fourth-order valence-corrected chi connectivity index (χ4v) is 4.26. The van der Waals surface area contributed by atoms with E-state index in [1.807, 2.05) is 0 Å². The van der Waals surface area contributed by atoms with E-state index in [2.05, 4.69) is 25.2 Å². The number of ether oxygens (including phenoxy) is 1. The van der Waals surface area contributed by atoms with Crippen molar-refractivity contribution in [2.24, 2.45) is 4.99 Å². The minimum Gasteiger partial charge on any atom is -0.377 e. The average molecular weight is 390 g/mol. The van der Waals surface area contributed by atoms with Gasteiger partial charge in [0.15, 0.2) is 5.96 Å². The van der Waals surface area contributed by atoms with Crippen molar-refractivity contribution in [2.75, 3.05) is 58.7 Å². The predicted octanol–water partition coefficient (Wildman–Crippen LogP) is 0.126. The molecule has 2 fully saturated rings. The zero-order valence-corrected chi connectivity index (χ0v) is 16.8. The van der Waals surface area contributed by atoms with Crippen molar-refractivity contribution in [1.29, 1.82) is 0 Å². The maximum atomic E-state index is 12.1. The first kappa shape index (κ1) is 21.4. The van der Waals surface area contributed by atoms with E-state index in [4.69, 9.17) is 4.74 Å². The highest BCUT2D eigenvalue weighted by Gasteiger charge is 2.17. The number of nitrogens with one attached hydrogen (secondary N) is 3. The predicted molar refractivity (Wildman–Crippen MR) is 105 cm³/mol. The molecule has 2 aliphatic heterocycles. The fourth-order valence-electron chi connectivity index (χ4n) is 3.30. The summed E-state index contributed by atoms with van der Waals surface area (Å²) in [7, 11) is -1.61. The van der Waals surface area contributed by atoms with Crippen LogP contribution >= 0.6 is 0 Å². The molecule has 0 aromatic carbocycles. The van der Waals surface area contributed by atoms with Crippen LogP contribution in [0.25, 0.3) is 0 Å². The molecule has 2 aliphatic rings. The van der Waals surface area contributed by atoms with Crippen molar-refractivity contribution < 1.29 is 13.2 Å². The number of aliphatic imine (C=N–C) groups is 1.